The van der Waals surface area contributed by atoms with Gasteiger partial charge in [-0.2, -0.15) is 5.10 Å². The Morgan fingerprint density at radius 2 is 2.20 bits per heavy atom. The van der Waals surface area contributed by atoms with Crippen LogP contribution in [0.15, 0.2) is 24.3 Å². The molecule has 20 heavy (non-hydrogen) atoms. The summed E-state index contributed by atoms with van der Waals surface area (Å²) in [6.45, 7) is 5.41. The van der Waals surface area contributed by atoms with Gasteiger partial charge in [0.1, 0.15) is 5.82 Å². The Morgan fingerprint density at radius 3 is 3.00 bits per heavy atom. The molecule has 1 aliphatic rings. The topological polar surface area (TPSA) is 29.9 Å². The van der Waals surface area contributed by atoms with E-state index >= 15 is 0 Å². The summed E-state index contributed by atoms with van der Waals surface area (Å²) in [5.74, 6) is 1.22. The van der Waals surface area contributed by atoms with E-state index in [1.165, 1.54) is 35.5 Å². The summed E-state index contributed by atoms with van der Waals surface area (Å²) < 4.78 is 2.11. The molecule has 0 radical (unpaired) electrons. The summed E-state index contributed by atoms with van der Waals surface area (Å²) in [4.78, 5) is 0. The van der Waals surface area contributed by atoms with Crippen molar-refractivity contribution < 1.29 is 0 Å². The minimum atomic E-state index is 1.05. The van der Waals surface area contributed by atoms with Gasteiger partial charge in [-0.25, -0.2) is 4.68 Å². The van der Waals surface area contributed by atoms with Crippen molar-refractivity contribution in [3.05, 3.63) is 41.1 Å². The minimum Gasteiger partial charge on any atom is -0.370 e. The van der Waals surface area contributed by atoms with Crippen molar-refractivity contribution in [2.75, 3.05) is 11.9 Å². The lowest BCUT2D eigenvalue weighted by molar-refractivity contribution is 0.753. The Hall–Kier alpha value is -1.77. The summed E-state index contributed by atoms with van der Waals surface area (Å²) in [6.07, 6.45) is 5.88. The molecule has 0 spiro atoms. The highest BCUT2D eigenvalue weighted by Gasteiger charge is 2.19. The van der Waals surface area contributed by atoms with Gasteiger partial charge in [-0.1, -0.05) is 25.5 Å². The summed E-state index contributed by atoms with van der Waals surface area (Å²) in [5, 5.41) is 8.48. The van der Waals surface area contributed by atoms with E-state index in [2.05, 4.69) is 48.1 Å². The molecule has 106 valence electrons. The molecule has 1 aromatic heterocycles. The molecule has 2 aromatic rings. The first-order valence-corrected chi connectivity index (χ1v) is 7.71. The van der Waals surface area contributed by atoms with Gasteiger partial charge in [0.05, 0.1) is 11.4 Å². The number of aromatic nitrogens is 2. The molecule has 0 aliphatic carbocycles. The largest absolute Gasteiger partial charge is 0.370 e. The molecule has 1 N–H and O–H groups in total. The molecule has 0 atom stereocenters. The zero-order valence-corrected chi connectivity index (χ0v) is 12.4. The second-order valence-electron chi connectivity index (χ2n) is 5.66. The smallest absolute Gasteiger partial charge is 0.133 e. The fraction of sp³-hybridized carbons (Fsp3) is 0.471. The number of nitrogens with one attached hydrogen (secondary N) is 1. The number of hydrogen-bond donors (Lipinski definition) is 1. The molecule has 3 heteroatoms. The molecule has 3 nitrogen and oxygen atoms in total. The molecule has 0 bridgehead atoms. The van der Waals surface area contributed by atoms with Gasteiger partial charge in [-0.3, -0.25) is 0 Å². The van der Waals surface area contributed by atoms with Crippen LogP contribution in [0.25, 0.3) is 5.69 Å². The Morgan fingerprint density at radius 1 is 1.30 bits per heavy atom. The number of nitrogens with zero attached hydrogens (tertiary/aromatic N) is 2. The number of fused-ring (bicyclic) bond motifs is 1. The van der Waals surface area contributed by atoms with E-state index in [9.17, 15) is 0 Å². The van der Waals surface area contributed by atoms with Gasteiger partial charge in [-0.15, -0.1) is 0 Å². The quantitative estimate of drug-likeness (QED) is 0.916. The van der Waals surface area contributed by atoms with Crippen LogP contribution in [0.3, 0.4) is 0 Å². The first-order valence-electron chi connectivity index (χ1n) is 7.71. The van der Waals surface area contributed by atoms with E-state index in [0.717, 1.165) is 31.5 Å². The van der Waals surface area contributed by atoms with Crippen LogP contribution in [0.1, 0.15) is 43.0 Å². The van der Waals surface area contributed by atoms with Crippen molar-refractivity contribution in [2.24, 2.45) is 0 Å². The number of aryl methyl sites for hydroxylation is 2. The number of anilines is 1. The van der Waals surface area contributed by atoms with E-state index < -0.39 is 0 Å². The molecule has 3 rings (SSSR count). The van der Waals surface area contributed by atoms with Gasteiger partial charge in [0, 0.05) is 12.1 Å². The predicted molar refractivity (Wildman–Crippen MR) is 83.7 cm³/mol. The van der Waals surface area contributed by atoms with E-state index in [4.69, 9.17) is 5.10 Å². The number of rotatable bonds is 3. The van der Waals surface area contributed by atoms with Crippen molar-refractivity contribution in [3.8, 4) is 5.69 Å². The maximum Gasteiger partial charge on any atom is 0.133 e. The molecule has 0 fully saturated rings. The van der Waals surface area contributed by atoms with Crippen LogP contribution < -0.4 is 5.32 Å². The molecule has 0 amide bonds. The third-order valence-electron chi connectivity index (χ3n) is 3.95. The molecule has 0 saturated carbocycles. The molecular weight excluding hydrogens is 246 g/mol. The average molecular weight is 269 g/mol. The third-order valence-corrected chi connectivity index (χ3v) is 3.95. The number of hydrogen-bond acceptors (Lipinski definition) is 2. The SMILES string of the molecule is CCCc1nn(-c2cccc(C)c2)c2c1CCCCN2. The van der Waals surface area contributed by atoms with Gasteiger partial charge in [0.15, 0.2) is 0 Å². The highest BCUT2D eigenvalue weighted by atomic mass is 15.3. The van der Waals surface area contributed by atoms with Gasteiger partial charge in [0.2, 0.25) is 0 Å². The minimum absolute atomic E-state index is 1.05. The summed E-state index contributed by atoms with van der Waals surface area (Å²) in [7, 11) is 0. The Bertz CT molecular complexity index is 598. The molecule has 0 saturated heterocycles. The fourth-order valence-corrected chi connectivity index (χ4v) is 2.96. The number of benzene rings is 1. The third kappa shape index (κ3) is 2.45. The lowest BCUT2D eigenvalue weighted by atomic mass is 10.1. The highest BCUT2D eigenvalue weighted by Crippen LogP contribution is 2.28. The first kappa shape index (κ1) is 13.2. The Balaban J connectivity index is 2.10. The van der Waals surface area contributed by atoms with Crippen LogP contribution in [-0.2, 0) is 12.8 Å². The maximum absolute atomic E-state index is 4.89. The predicted octanol–water partition coefficient (Wildman–Crippen LogP) is 3.88. The van der Waals surface area contributed by atoms with Crippen molar-refractivity contribution >= 4 is 5.82 Å². The van der Waals surface area contributed by atoms with Crippen LogP contribution in [0.2, 0.25) is 0 Å². The average Bonchev–Trinajstić information content (AvgIpc) is 2.62. The molecular formula is C17H23N3. The first-order chi connectivity index (χ1) is 9.79. The zero-order valence-electron chi connectivity index (χ0n) is 12.4. The van der Waals surface area contributed by atoms with Crippen LogP contribution in [-0.4, -0.2) is 16.3 Å². The lowest BCUT2D eigenvalue weighted by Crippen LogP contribution is -2.07. The van der Waals surface area contributed by atoms with E-state index in [0.29, 0.717) is 0 Å². The van der Waals surface area contributed by atoms with E-state index in [-0.39, 0.29) is 0 Å². The fourth-order valence-electron chi connectivity index (χ4n) is 2.96. The van der Waals surface area contributed by atoms with Gasteiger partial charge >= 0.3 is 0 Å². The van der Waals surface area contributed by atoms with Crippen molar-refractivity contribution in [2.45, 2.75) is 46.0 Å². The van der Waals surface area contributed by atoms with Gasteiger partial charge in [0.25, 0.3) is 0 Å². The van der Waals surface area contributed by atoms with E-state index in [1.807, 2.05) is 0 Å². The highest BCUT2D eigenvalue weighted by molar-refractivity contribution is 5.54. The summed E-state index contributed by atoms with van der Waals surface area (Å²) in [6, 6.07) is 8.58. The summed E-state index contributed by atoms with van der Waals surface area (Å²) in [5.41, 5.74) is 5.15. The van der Waals surface area contributed by atoms with Crippen LogP contribution in [0.5, 0.6) is 0 Å². The van der Waals surface area contributed by atoms with Crippen molar-refractivity contribution in [1.82, 2.24) is 9.78 Å². The van der Waals surface area contributed by atoms with Gasteiger partial charge in [-0.05, 0) is 50.3 Å². The molecule has 0 unspecified atom stereocenters. The van der Waals surface area contributed by atoms with Crippen LogP contribution in [0.4, 0.5) is 5.82 Å². The van der Waals surface area contributed by atoms with Crippen LogP contribution in [0, 0.1) is 6.92 Å². The van der Waals surface area contributed by atoms with E-state index in [1.54, 1.807) is 0 Å². The van der Waals surface area contributed by atoms with Gasteiger partial charge < -0.3 is 5.32 Å². The second kappa shape index (κ2) is 5.70. The normalized spacial score (nSPS) is 14.5. The maximum atomic E-state index is 4.89. The second-order valence-corrected chi connectivity index (χ2v) is 5.66. The lowest BCUT2D eigenvalue weighted by Gasteiger charge is -2.09. The van der Waals surface area contributed by atoms with Crippen molar-refractivity contribution in [3.63, 3.8) is 0 Å². The molecule has 2 heterocycles. The molecule has 1 aliphatic heterocycles. The van der Waals surface area contributed by atoms with Crippen LogP contribution >= 0.6 is 0 Å². The Kier molecular flexibility index (Phi) is 3.77. The Labute approximate surface area is 121 Å². The standard InChI is InChI=1S/C17H23N3/c1-3-7-16-15-10-4-5-11-18-17(15)20(19-16)14-9-6-8-13(2)12-14/h6,8-9,12,18H,3-5,7,10-11H2,1-2H3. The summed E-state index contributed by atoms with van der Waals surface area (Å²) >= 11 is 0. The monoisotopic (exact) mass is 269 g/mol. The molecule has 1 aromatic carbocycles. The van der Waals surface area contributed by atoms with Crippen molar-refractivity contribution in [1.29, 1.82) is 0 Å². The zero-order chi connectivity index (χ0) is 13.9.